The molecule has 0 saturated carbocycles. The number of sulfone groups is 1. The van der Waals surface area contributed by atoms with Crippen molar-refractivity contribution in [2.24, 2.45) is 5.92 Å². The number of allylic oxidation sites excluding steroid dienone is 1. The van der Waals surface area contributed by atoms with Gasteiger partial charge >= 0.3 is 0 Å². The molecule has 2 heterocycles. The molecule has 1 spiro atoms. The highest BCUT2D eigenvalue weighted by atomic mass is 32.2. The molecular formula is C17H19NO3S. The Morgan fingerprint density at radius 1 is 1.27 bits per heavy atom. The highest BCUT2D eigenvalue weighted by Crippen LogP contribution is 2.57. The molecule has 0 aromatic heterocycles. The zero-order valence-electron chi connectivity index (χ0n) is 12.3. The summed E-state index contributed by atoms with van der Waals surface area (Å²) in [5.74, 6) is 0.670. The van der Waals surface area contributed by atoms with Crippen molar-refractivity contribution < 1.29 is 13.3 Å². The number of fused-ring (bicyclic) bond motifs is 2. The van der Waals surface area contributed by atoms with Crippen LogP contribution in [0.1, 0.15) is 23.5 Å². The fourth-order valence-corrected chi connectivity index (χ4v) is 7.28. The lowest BCUT2D eigenvalue weighted by atomic mass is 9.58. The van der Waals surface area contributed by atoms with E-state index in [1.165, 1.54) is 11.1 Å². The fourth-order valence-electron chi connectivity index (χ4n) is 5.27. The van der Waals surface area contributed by atoms with Crippen LogP contribution in [-0.2, 0) is 21.1 Å². The van der Waals surface area contributed by atoms with E-state index in [0.29, 0.717) is 13.2 Å². The summed E-state index contributed by atoms with van der Waals surface area (Å²) in [5.41, 5.74) is 2.30. The van der Waals surface area contributed by atoms with Crippen molar-refractivity contribution in [2.45, 2.75) is 29.5 Å². The molecule has 22 heavy (non-hydrogen) atoms. The molecule has 2 aliphatic carbocycles. The number of hydrogen-bond donors (Lipinski definition) is 0. The van der Waals surface area contributed by atoms with Gasteiger partial charge < -0.3 is 0 Å². The Hall–Kier alpha value is -1.17. The predicted molar refractivity (Wildman–Crippen MR) is 83.1 cm³/mol. The molecule has 1 aromatic carbocycles. The largest absolute Gasteiger partial charge is 0.297 e. The van der Waals surface area contributed by atoms with E-state index in [0.717, 1.165) is 12.8 Å². The lowest BCUT2D eigenvalue weighted by molar-refractivity contribution is -0.181. The van der Waals surface area contributed by atoms with Crippen molar-refractivity contribution in [3.8, 4) is 0 Å². The second kappa shape index (κ2) is 4.22. The maximum atomic E-state index is 12.7. The van der Waals surface area contributed by atoms with Gasteiger partial charge in [0.05, 0.1) is 17.9 Å². The monoisotopic (exact) mass is 317 g/mol. The summed E-state index contributed by atoms with van der Waals surface area (Å²) in [6.07, 6.45) is 6.29. The molecule has 1 aromatic rings. The van der Waals surface area contributed by atoms with Crippen LogP contribution in [0.4, 0.5) is 0 Å². The number of benzene rings is 1. The van der Waals surface area contributed by atoms with Gasteiger partial charge in [-0.25, -0.2) is 8.42 Å². The van der Waals surface area contributed by atoms with Gasteiger partial charge in [-0.15, -0.1) is 0 Å². The zero-order chi connectivity index (χ0) is 14.9. The summed E-state index contributed by atoms with van der Waals surface area (Å²) in [6, 6.07) is 8.52. The summed E-state index contributed by atoms with van der Waals surface area (Å²) < 4.78 is 25.5. The van der Waals surface area contributed by atoms with Crippen LogP contribution in [0.5, 0.6) is 0 Å². The molecule has 2 aliphatic heterocycles. The van der Waals surface area contributed by atoms with Gasteiger partial charge in [0, 0.05) is 18.4 Å². The first kappa shape index (κ1) is 13.3. The first-order chi connectivity index (χ1) is 10.6. The van der Waals surface area contributed by atoms with Crippen LogP contribution in [-0.4, -0.2) is 43.2 Å². The Morgan fingerprint density at radius 2 is 2.14 bits per heavy atom. The van der Waals surface area contributed by atoms with Crippen molar-refractivity contribution in [3.05, 3.63) is 47.5 Å². The van der Waals surface area contributed by atoms with E-state index < -0.39 is 9.84 Å². The first-order valence-electron chi connectivity index (χ1n) is 8.00. The summed E-state index contributed by atoms with van der Waals surface area (Å²) >= 11 is 0. The van der Waals surface area contributed by atoms with E-state index in [2.05, 4.69) is 36.4 Å². The molecule has 5 rings (SSSR count). The van der Waals surface area contributed by atoms with Gasteiger partial charge in [-0.3, -0.25) is 4.84 Å². The van der Waals surface area contributed by atoms with E-state index >= 15 is 0 Å². The normalized spacial score (nSPS) is 44.0. The Morgan fingerprint density at radius 3 is 3.05 bits per heavy atom. The fraction of sp³-hybridized carbons (Fsp3) is 0.529. The maximum Gasteiger partial charge on any atom is 0.158 e. The van der Waals surface area contributed by atoms with Crippen LogP contribution in [0, 0.1) is 5.92 Å². The molecule has 0 N–H and O–H groups in total. The van der Waals surface area contributed by atoms with Gasteiger partial charge in [-0.1, -0.05) is 36.4 Å². The van der Waals surface area contributed by atoms with Crippen LogP contribution in [0.2, 0.25) is 0 Å². The highest BCUT2D eigenvalue weighted by molar-refractivity contribution is 7.92. The lowest BCUT2D eigenvalue weighted by Crippen LogP contribution is -2.67. The summed E-state index contributed by atoms with van der Waals surface area (Å²) in [7, 11) is -3.09. The summed E-state index contributed by atoms with van der Waals surface area (Å²) in [6.45, 7) is 0.827. The molecule has 0 radical (unpaired) electrons. The van der Waals surface area contributed by atoms with Crippen molar-refractivity contribution >= 4 is 9.84 Å². The van der Waals surface area contributed by atoms with Crippen LogP contribution in [0.15, 0.2) is 36.4 Å². The molecule has 5 atom stereocenters. The average Bonchev–Trinajstić information content (AvgIpc) is 2.77. The third-order valence-electron chi connectivity index (χ3n) is 6.10. The summed E-state index contributed by atoms with van der Waals surface area (Å²) in [5, 5.41) is 1.65. The van der Waals surface area contributed by atoms with Gasteiger partial charge in [0.2, 0.25) is 0 Å². The van der Waals surface area contributed by atoms with E-state index in [1.807, 2.05) is 5.06 Å². The van der Waals surface area contributed by atoms with Crippen molar-refractivity contribution in [3.63, 3.8) is 0 Å². The molecule has 4 aliphatic rings. The van der Waals surface area contributed by atoms with E-state index in [9.17, 15) is 8.42 Å². The minimum Gasteiger partial charge on any atom is -0.297 e. The van der Waals surface area contributed by atoms with Gasteiger partial charge in [-0.2, -0.15) is 5.06 Å². The second-order valence-electron chi connectivity index (χ2n) is 6.87. The van der Waals surface area contributed by atoms with Gasteiger partial charge in [0.15, 0.2) is 9.84 Å². The Kier molecular flexibility index (Phi) is 2.55. The summed E-state index contributed by atoms with van der Waals surface area (Å²) in [4.78, 5) is 5.88. The predicted octanol–water partition coefficient (Wildman–Crippen LogP) is 1.69. The molecule has 5 heteroatoms. The first-order valence-corrected chi connectivity index (χ1v) is 9.72. The van der Waals surface area contributed by atoms with Crippen molar-refractivity contribution in [2.75, 3.05) is 18.9 Å². The van der Waals surface area contributed by atoms with Crippen LogP contribution >= 0.6 is 0 Å². The Balaban J connectivity index is 1.77. The van der Waals surface area contributed by atoms with E-state index in [1.54, 1.807) is 0 Å². The van der Waals surface area contributed by atoms with E-state index in [-0.39, 0.29) is 28.4 Å². The third kappa shape index (κ3) is 1.42. The van der Waals surface area contributed by atoms with Crippen LogP contribution < -0.4 is 0 Å². The molecule has 1 unspecified atom stereocenters. The molecule has 2 fully saturated rings. The third-order valence-corrected chi connectivity index (χ3v) is 8.24. The number of hydrogen-bond acceptors (Lipinski definition) is 4. The highest BCUT2D eigenvalue weighted by Gasteiger charge is 2.67. The quantitative estimate of drug-likeness (QED) is 0.683. The van der Waals surface area contributed by atoms with Crippen molar-refractivity contribution in [1.29, 1.82) is 0 Å². The van der Waals surface area contributed by atoms with Gasteiger partial charge in [0.1, 0.15) is 5.25 Å². The SMILES string of the molecule is O=S1(=O)CCN2OC[C@@H]1[C@]21[C@@H]2C=CC[C@H]1c1ccccc1C2. The van der Waals surface area contributed by atoms with Crippen LogP contribution in [0.25, 0.3) is 0 Å². The number of hydroxylamine groups is 2. The topological polar surface area (TPSA) is 46.6 Å². The molecule has 4 nitrogen and oxygen atoms in total. The van der Waals surface area contributed by atoms with Crippen LogP contribution in [0.3, 0.4) is 0 Å². The molecule has 2 saturated heterocycles. The maximum absolute atomic E-state index is 12.7. The smallest absolute Gasteiger partial charge is 0.158 e. The molecule has 116 valence electrons. The van der Waals surface area contributed by atoms with E-state index in [4.69, 9.17) is 4.84 Å². The molecule has 0 amide bonds. The molecule has 4 bridgehead atoms. The lowest BCUT2D eigenvalue weighted by Gasteiger charge is -2.56. The second-order valence-corrected chi connectivity index (χ2v) is 9.17. The minimum atomic E-state index is -3.09. The Bertz CT molecular complexity index is 772. The zero-order valence-corrected chi connectivity index (χ0v) is 13.1. The van der Waals surface area contributed by atoms with Gasteiger partial charge in [0.25, 0.3) is 0 Å². The Labute approximate surface area is 130 Å². The number of rotatable bonds is 0. The standard InChI is InChI=1S/C17H19NO3S/c19-22(20)9-8-18-17(16(22)11-21-18)13-5-3-7-15(17)14-6-2-1-4-12(14)10-13/h1-6,13,15-16H,7-11H2/t13-,15+,16-,17-/m1/s1. The van der Waals surface area contributed by atoms with Crippen molar-refractivity contribution in [1.82, 2.24) is 5.06 Å². The molecular weight excluding hydrogens is 298 g/mol. The average molecular weight is 317 g/mol. The van der Waals surface area contributed by atoms with Gasteiger partial charge in [-0.05, 0) is 24.0 Å². The number of nitrogens with zero attached hydrogens (tertiary/aromatic N) is 1. The minimum absolute atomic E-state index is 0.218.